The number of hydrogen-bond acceptors (Lipinski definition) is 6. The fourth-order valence-electron chi connectivity index (χ4n) is 2.86. The molecular formula is C15H11F3N6OS. The number of Topliss-reactive ketones (excluding diaryl/α,β-unsaturated/α-hetero) is 1. The van der Waals surface area contributed by atoms with Gasteiger partial charge in [-0.05, 0) is 11.4 Å². The molecule has 0 saturated carbocycles. The first-order valence-corrected chi connectivity index (χ1v) is 8.29. The highest BCUT2D eigenvalue weighted by molar-refractivity contribution is 7.12. The van der Waals surface area contributed by atoms with Crippen LogP contribution < -0.4 is 5.32 Å². The number of fused-ring (bicyclic) bond motifs is 1. The summed E-state index contributed by atoms with van der Waals surface area (Å²) in [6.45, 7) is 0. The number of allylic oxidation sites excluding steroid dienone is 2. The van der Waals surface area contributed by atoms with Crippen LogP contribution in [0.5, 0.6) is 0 Å². The molecule has 0 unspecified atom stereocenters. The van der Waals surface area contributed by atoms with E-state index in [9.17, 15) is 18.0 Å². The van der Waals surface area contributed by atoms with Gasteiger partial charge in [0.25, 0.3) is 0 Å². The van der Waals surface area contributed by atoms with E-state index in [0.717, 1.165) is 17.7 Å². The zero-order valence-corrected chi connectivity index (χ0v) is 14.0. The average molecular weight is 380 g/mol. The molecule has 0 amide bonds. The fourth-order valence-corrected chi connectivity index (χ4v) is 3.54. The van der Waals surface area contributed by atoms with Gasteiger partial charge in [-0.25, -0.2) is 4.68 Å². The van der Waals surface area contributed by atoms with E-state index >= 15 is 0 Å². The highest BCUT2D eigenvalue weighted by Crippen LogP contribution is 2.42. The smallest absolute Gasteiger partial charge is 0.320 e. The van der Waals surface area contributed by atoms with Crippen molar-refractivity contribution in [2.45, 2.75) is 12.2 Å². The number of aromatic nitrogens is 5. The Morgan fingerprint density at radius 1 is 1.35 bits per heavy atom. The SMILES string of the molecule is Cn1cc([C@H]2C(C(=O)c3cccs3)=C(C(F)(F)F)Nc3ncnn32)cn1. The molecular weight excluding hydrogens is 369 g/mol. The van der Waals surface area contributed by atoms with Crippen LogP contribution >= 0.6 is 11.3 Å². The lowest BCUT2D eigenvalue weighted by atomic mass is 9.93. The van der Waals surface area contributed by atoms with E-state index in [2.05, 4.69) is 20.5 Å². The molecule has 1 aliphatic rings. The second-order valence-electron chi connectivity index (χ2n) is 5.60. The van der Waals surface area contributed by atoms with E-state index in [1.54, 1.807) is 24.7 Å². The van der Waals surface area contributed by atoms with E-state index < -0.39 is 29.3 Å². The Labute approximate surface area is 148 Å². The lowest BCUT2D eigenvalue weighted by Gasteiger charge is -2.29. The minimum atomic E-state index is -4.76. The molecule has 0 saturated heterocycles. The third-order valence-corrected chi connectivity index (χ3v) is 4.78. The number of nitrogens with one attached hydrogen (secondary N) is 1. The van der Waals surface area contributed by atoms with Gasteiger partial charge >= 0.3 is 6.18 Å². The molecule has 134 valence electrons. The highest BCUT2D eigenvalue weighted by Gasteiger charge is 2.46. The van der Waals surface area contributed by atoms with Gasteiger partial charge in [-0.2, -0.15) is 28.4 Å². The zero-order chi connectivity index (χ0) is 18.5. The largest absolute Gasteiger partial charge is 0.431 e. The van der Waals surface area contributed by atoms with Crippen LogP contribution in [0.25, 0.3) is 0 Å². The van der Waals surface area contributed by atoms with E-state index in [0.29, 0.717) is 5.56 Å². The first kappa shape index (κ1) is 16.5. The van der Waals surface area contributed by atoms with Crippen LogP contribution in [0.2, 0.25) is 0 Å². The quantitative estimate of drug-likeness (QED) is 0.707. The number of anilines is 1. The molecule has 3 aromatic heterocycles. The van der Waals surface area contributed by atoms with Gasteiger partial charge in [0.2, 0.25) is 11.7 Å². The van der Waals surface area contributed by atoms with Crippen molar-refractivity contribution in [2.24, 2.45) is 7.05 Å². The lowest BCUT2D eigenvalue weighted by molar-refractivity contribution is -0.0918. The molecule has 4 heterocycles. The summed E-state index contributed by atoms with van der Waals surface area (Å²) in [4.78, 5) is 17.0. The highest BCUT2D eigenvalue weighted by atomic mass is 32.1. The van der Waals surface area contributed by atoms with Crippen molar-refractivity contribution in [1.29, 1.82) is 0 Å². The van der Waals surface area contributed by atoms with Gasteiger partial charge in [-0.1, -0.05) is 6.07 Å². The molecule has 26 heavy (non-hydrogen) atoms. The van der Waals surface area contributed by atoms with Crippen molar-refractivity contribution < 1.29 is 18.0 Å². The second-order valence-corrected chi connectivity index (χ2v) is 6.54. The van der Waals surface area contributed by atoms with Crippen molar-refractivity contribution in [3.8, 4) is 0 Å². The number of thiophene rings is 1. The Kier molecular flexibility index (Phi) is 3.68. The molecule has 1 atom stereocenters. The van der Waals surface area contributed by atoms with E-state index in [-0.39, 0.29) is 10.8 Å². The molecule has 1 aliphatic heterocycles. The first-order valence-electron chi connectivity index (χ1n) is 7.41. The summed E-state index contributed by atoms with van der Waals surface area (Å²) in [5, 5.41) is 11.9. The summed E-state index contributed by atoms with van der Waals surface area (Å²) in [7, 11) is 1.64. The number of ketones is 1. The van der Waals surface area contributed by atoms with Crippen LogP contribution in [-0.4, -0.2) is 36.5 Å². The first-order chi connectivity index (χ1) is 12.4. The molecule has 0 spiro atoms. The number of nitrogens with zero attached hydrogens (tertiary/aromatic N) is 5. The molecule has 0 radical (unpaired) electrons. The standard InChI is InChI=1S/C15H11F3N6OS/c1-23-6-8(5-20-23)11-10(12(25)9-3-2-4-26-9)13(15(16,17)18)22-14-19-7-21-24(11)14/h2-7,11H,1H3,(H,19,21,22)/t11-/m0/s1. The topological polar surface area (TPSA) is 77.6 Å². The Balaban J connectivity index is 1.98. The minimum absolute atomic E-state index is 0.0890. The van der Waals surface area contributed by atoms with E-state index in [1.807, 2.05) is 0 Å². The van der Waals surface area contributed by atoms with Crippen LogP contribution in [0.4, 0.5) is 19.1 Å². The number of hydrogen-bond donors (Lipinski definition) is 1. The van der Waals surface area contributed by atoms with Gasteiger partial charge in [0.15, 0.2) is 0 Å². The predicted octanol–water partition coefficient (Wildman–Crippen LogP) is 2.79. The van der Waals surface area contributed by atoms with E-state index in [1.165, 1.54) is 21.6 Å². The van der Waals surface area contributed by atoms with E-state index in [4.69, 9.17) is 0 Å². The van der Waals surface area contributed by atoms with Crippen molar-refractivity contribution in [3.05, 3.63) is 57.9 Å². The summed E-state index contributed by atoms with van der Waals surface area (Å²) >= 11 is 1.08. The maximum Gasteiger partial charge on any atom is 0.431 e. The van der Waals surface area contributed by atoms with Gasteiger partial charge in [-0.15, -0.1) is 11.3 Å². The van der Waals surface area contributed by atoms with Crippen molar-refractivity contribution in [2.75, 3.05) is 5.32 Å². The molecule has 0 fully saturated rings. The minimum Gasteiger partial charge on any atom is -0.320 e. The number of rotatable bonds is 3. The number of halogens is 3. The Morgan fingerprint density at radius 2 is 2.15 bits per heavy atom. The van der Waals surface area contributed by atoms with Crippen molar-refractivity contribution >= 4 is 23.1 Å². The number of alkyl halides is 3. The van der Waals surface area contributed by atoms with Crippen LogP contribution in [0.1, 0.15) is 21.3 Å². The number of aryl methyl sites for hydroxylation is 1. The third kappa shape index (κ3) is 2.60. The Hall–Kier alpha value is -2.95. The molecule has 0 aliphatic carbocycles. The molecule has 11 heteroatoms. The summed E-state index contributed by atoms with van der Waals surface area (Å²) in [5.41, 5.74) is -1.17. The van der Waals surface area contributed by atoms with Crippen molar-refractivity contribution in [3.63, 3.8) is 0 Å². The predicted molar refractivity (Wildman–Crippen MR) is 86.7 cm³/mol. The molecule has 4 rings (SSSR count). The monoisotopic (exact) mass is 380 g/mol. The van der Waals surface area contributed by atoms with Crippen LogP contribution in [0.15, 0.2) is 47.5 Å². The maximum absolute atomic E-state index is 13.7. The third-order valence-electron chi connectivity index (χ3n) is 3.91. The second kappa shape index (κ2) is 5.80. The summed E-state index contributed by atoms with van der Waals surface area (Å²) in [6, 6.07) is 2.02. The lowest BCUT2D eigenvalue weighted by Crippen LogP contribution is -2.34. The molecule has 1 N–H and O–H groups in total. The van der Waals surface area contributed by atoms with Crippen LogP contribution in [-0.2, 0) is 7.05 Å². The number of carbonyl (C=O) groups excluding carboxylic acids is 1. The summed E-state index contributed by atoms with van der Waals surface area (Å²) in [6.07, 6.45) is -0.660. The zero-order valence-electron chi connectivity index (χ0n) is 13.2. The summed E-state index contributed by atoms with van der Waals surface area (Å²) < 4.78 is 43.9. The molecule has 0 aromatic carbocycles. The number of carbonyl (C=O) groups is 1. The molecule has 3 aromatic rings. The Morgan fingerprint density at radius 3 is 2.77 bits per heavy atom. The fraction of sp³-hybridized carbons (Fsp3) is 0.200. The molecule has 7 nitrogen and oxygen atoms in total. The maximum atomic E-state index is 13.7. The normalized spacial score (nSPS) is 17.2. The van der Waals surface area contributed by atoms with Gasteiger partial charge in [0.1, 0.15) is 18.1 Å². The van der Waals surface area contributed by atoms with Crippen molar-refractivity contribution in [1.82, 2.24) is 24.5 Å². The van der Waals surface area contributed by atoms with Gasteiger partial charge in [0.05, 0.1) is 16.6 Å². The molecule has 0 bridgehead atoms. The van der Waals surface area contributed by atoms with Gasteiger partial charge in [0, 0.05) is 18.8 Å². The summed E-state index contributed by atoms with van der Waals surface area (Å²) in [5.74, 6) is -0.802. The van der Waals surface area contributed by atoms with Gasteiger partial charge in [-0.3, -0.25) is 9.48 Å². The van der Waals surface area contributed by atoms with Gasteiger partial charge < -0.3 is 5.32 Å². The van der Waals surface area contributed by atoms with Crippen LogP contribution in [0.3, 0.4) is 0 Å². The Bertz CT molecular complexity index is 1000. The average Bonchev–Trinajstić information content (AvgIpc) is 3.32. The van der Waals surface area contributed by atoms with Crippen LogP contribution in [0, 0.1) is 0 Å².